The summed E-state index contributed by atoms with van der Waals surface area (Å²) >= 11 is 6.06. The largest absolute Gasteiger partial charge is 0.444 e. The van der Waals surface area contributed by atoms with Crippen LogP contribution in [0, 0.1) is 0 Å². The number of halogens is 1. The van der Waals surface area contributed by atoms with E-state index in [1.54, 1.807) is 12.1 Å². The number of likely N-dealkylation sites (tertiary alicyclic amines) is 1. The van der Waals surface area contributed by atoms with Gasteiger partial charge in [-0.05, 0) is 77.0 Å². The number of alkyl carbamates (subject to hydrolysis) is 1. The van der Waals surface area contributed by atoms with E-state index >= 15 is 0 Å². The van der Waals surface area contributed by atoms with Gasteiger partial charge in [0.2, 0.25) is 5.91 Å². The molecule has 2 saturated heterocycles. The van der Waals surface area contributed by atoms with Crippen LogP contribution in [0.2, 0.25) is 5.02 Å². The molecule has 0 aliphatic carbocycles. The van der Waals surface area contributed by atoms with Gasteiger partial charge in [0.15, 0.2) is 0 Å². The van der Waals surface area contributed by atoms with E-state index in [2.05, 4.69) is 52.5 Å². The van der Waals surface area contributed by atoms with Crippen LogP contribution in [0.4, 0.5) is 4.79 Å². The number of hydrogen-bond acceptors (Lipinski definition) is 5. The molecule has 0 unspecified atom stereocenters. The average molecular weight is 541 g/mol. The Balaban J connectivity index is 1.47. The third-order valence-corrected chi connectivity index (χ3v) is 7.92. The van der Waals surface area contributed by atoms with Crippen LogP contribution in [0.25, 0.3) is 0 Å². The number of carbonyl (C=O) groups excluding carboxylic acids is 2. The summed E-state index contributed by atoms with van der Waals surface area (Å²) < 4.78 is 5.48. The second kappa shape index (κ2) is 12.1. The van der Waals surface area contributed by atoms with Crippen molar-refractivity contribution in [3.8, 4) is 0 Å². The van der Waals surface area contributed by atoms with E-state index in [0.29, 0.717) is 24.5 Å². The number of nitrogens with one attached hydrogen (secondary N) is 1. The Labute approximate surface area is 232 Å². The molecule has 0 aromatic heterocycles. The van der Waals surface area contributed by atoms with Crippen molar-refractivity contribution in [1.29, 1.82) is 0 Å². The van der Waals surface area contributed by atoms with Crippen molar-refractivity contribution < 1.29 is 14.3 Å². The molecule has 2 aromatic carbocycles. The van der Waals surface area contributed by atoms with Crippen LogP contribution in [0.15, 0.2) is 54.6 Å². The van der Waals surface area contributed by atoms with Gasteiger partial charge in [-0.25, -0.2) is 4.79 Å². The monoisotopic (exact) mass is 540 g/mol. The first-order valence-electron chi connectivity index (χ1n) is 13.6. The summed E-state index contributed by atoms with van der Waals surface area (Å²) in [6.45, 7) is 10.4. The molecule has 1 atom stereocenters. The number of rotatable bonds is 6. The molecule has 38 heavy (non-hydrogen) atoms. The standard InChI is InChI=1S/C30H41ClN4O3/c1-29(2,3)38-28(37)32-26(22-23-10-12-25(31)13-11-23)27(36)34-18-20-35(21-19-34)30(14-16-33(4)17-15-30)24-8-6-5-7-9-24/h5-13,26H,14-22H2,1-4H3,(H,32,37)/t26-/m1/s1. The van der Waals surface area contributed by atoms with Crippen molar-refractivity contribution in [2.24, 2.45) is 0 Å². The SMILES string of the molecule is CN1CCC(c2ccccc2)(N2CCN(C(=O)[C@@H](Cc3ccc(Cl)cc3)NC(=O)OC(C)(C)C)CC2)CC1. The Morgan fingerprint density at radius 3 is 2.13 bits per heavy atom. The first-order chi connectivity index (χ1) is 18.1. The van der Waals surface area contributed by atoms with Gasteiger partial charge in [0.05, 0.1) is 0 Å². The minimum absolute atomic E-state index is 0.0135. The van der Waals surface area contributed by atoms with E-state index in [1.807, 2.05) is 37.8 Å². The third kappa shape index (κ3) is 7.07. The van der Waals surface area contributed by atoms with Crippen molar-refractivity contribution in [3.05, 3.63) is 70.7 Å². The fourth-order valence-corrected chi connectivity index (χ4v) is 5.73. The normalized spacial score (nSPS) is 19.6. The Hall–Kier alpha value is -2.61. The van der Waals surface area contributed by atoms with Gasteiger partial charge < -0.3 is 19.9 Å². The second-order valence-corrected chi connectivity index (χ2v) is 12.0. The Morgan fingerprint density at radius 1 is 0.947 bits per heavy atom. The zero-order valence-electron chi connectivity index (χ0n) is 23.1. The van der Waals surface area contributed by atoms with Gasteiger partial charge in [0, 0.05) is 43.2 Å². The molecular formula is C30H41ClN4O3. The lowest BCUT2D eigenvalue weighted by Crippen LogP contribution is -2.61. The predicted molar refractivity (Wildman–Crippen MR) is 151 cm³/mol. The van der Waals surface area contributed by atoms with Gasteiger partial charge >= 0.3 is 6.09 Å². The molecule has 2 aliphatic heterocycles. The fourth-order valence-electron chi connectivity index (χ4n) is 5.61. The lowest BCUT2D eigenvalue weighted by Gasteiger charge is -2.51. The van der Waals surface area contributed by atoms with Crippen molar-refractivity contribution >= 4 is 23.6 Å². The van der Waals surface area contributed by atoms with Crippen LogP contribution in [-0.2, 0) is 21.5 Å². The number of amides is 2. The van der Waals surface area contributed by atoms with Gasteiger partial charge in [-0.3, -0.25) is 9.69 Å². The number of hydrogen-bond donors (Lipinski definition) is 1. The Kier molecular flexibility index (Phi) is 9.01. The minimum Gasteiger partial charge on any atom is -0.444 e. The molecule has 0 spiro atoms. The van der Waals surface area contributed by atoms with Crippen LogP contribution in [0.5, 0.6) is 0 Å². The topological polar surface area (TPSA) is 65.1 Å². The number of nitrogens with zero attached hydrogens (tertiary/aromatic N) is 3. The van der Waals surface area contributed by atoms with Crippen LogP contribution in [0.1, 0.15) is 44.7 Å². The van der Waals surface area contributed by atoms with E-state index < -0.39 is 17.7 Å². The van der Waals surface area contributed by atoms with Gasteiger partial charge in [-0.2, -0.15) is 0 Å². The predicted octanol–water partition coefficient (Wildman–Crippen LogP) is 4.54. The molecule has 2 aliphatic rings. The summed E-state index contributed by atoms with van der Waals surface area (Å²) in [6.07, 6.45) is 1.93. The van der Waals surface area contributed by atoms with E-state index in [-0.39, 0.29) is 11.4 Å². The van der Waals surface area contributed by atoms with Crippen LogP contribution in [-0.4, -0.2) is 84.7 Å². The highest BCUT2D eigenvalue weighted by Crippen LogP contribution is 2.39. The molecule has 2 aromatic rings. The zero-order valence-corrected chi connectivity index (χ0v) is 23.8. The molecule has 7 nitrogen and oxygen atoms in total. The van der Waals surface area contributed by atoms with Crippen LogP contribution < -0.4 is 5.32 Å². The number of piperazine rings is 1. The third-order valence-electron chi connectivity index (χ3n) is 7.66. The fraction of sp³-hybridized carbons (Fsp3) is 0.533. The molecule has 0 saturated carbocycles. The van der Waals surface area contributed by atoms with Crippen LogP contribution in [0.3, 0.4) is 0 Å². The summed E-state index contributed by atoms with van der Waals surface area (Å²) in [5.41, 5.74) is 1.63. The molecule has 0 bridgehead atoms. The van der Waals surface area contributed by atoms with Crippen molar-refractivity contribution in [3.63, 3.8) is 0 Å². The summed E-state index contributed by atoms with van der Waals surface area (Å²) in [4.78, 5) is 33.3. The highest BCUT2D eigenvalue weighted by molar-refractivity contribution is 6.30. The number of carbonyl (C=O) groups is 2. The Bertz CT molecular complexity index is 1070. The average Bonchev–Trinajstić information content (AvgIpc) is 2.89. The summed E-state index contributed by atoms with van der Waals surface area (Å²) in [5.74, 6) is -0.0809. The Morgan fingerprint density at radius 2 is 1.55 bits per heavy atom. The maximum Gasteiger partial charge on any atom is 0.408 e. The molecule has 8 heteroatoms. The summed E-state index contributed by atoms with van der Waals surface area (Å²) in [6, 6.07) is 17.5. The second-order valence-electron chi connectivity index (χ2n) is 11.5. The van der Waals surface area contributed by atoms with Crippen LogP contribution >= 0.6 is 11.6 Å². The van der Waals surface area contributed by atoms with Gasteiger partial charge in [-0.15, -0.1) is 0 Å². The molecule has 2 amide bonds. The quantitative estimate of drug-likeness (QED) is 0.583. The minimum atomic E-state index is -0.719. The van der Waals surface area contributed by atoms with Gasteiger partial charge in [0.25, 0.3) is 0 Å². The molecule has 1 N–H and O–H groups in total. The molecular weight excluding hydrogens is 500 g/mol. The van der Waals surface area contributed by atoms with Gasteiger partial charge in [0.1, 0.15) is 11.6 Å². The lowest BCUT2D eigenvalue weighted by atomic mass is 9.79. The smallest absolute Gasteiger partial charge is 0.408 e. The van der Waals surface area contributed by atoms with E-state index in [0.717, 1.165) is 44.6 Å². The molecule has 2 heterocycles. The van der Waals surface area contributed by atoms with Crippen molar-refractivity contribution in [2.45, 2.75) is 57.2 Å². The molecule has 206 valence electrons. The molecule has 4 rings (SSSR count). The number of benzene rings is 2. The lowest BCUT2D eigenvalue weighted by molar-refractivity contribution is -0.136. The maximum absolute atomic E-state index is 13.8. The molecule has 0 radical (unpaired) electrons. The number of piperidine rings is 1. The maximum atomic E-state index is 13.8. The van der Waals surface area contributed by atoms with Crippen molar-refractivity contribution in [1.82, 2.24) is 20.0 Å². The highest BCUT2D eigenvalue weighted by atomic mass is 35.5. The van der Waals surface area contributed by atoms with E-state index in [9.17, 15) is 9.59 Å². The summed E-state index contributed by atoms with van der Waals surface area (Å²) in [5, 5.41) is 3.48. The van der Waals surface area contributed by atoms with E-state index in [4.69, 9.17) is 16.3 Å². The molecule has 2 fully saturated rings. The highest BCUT2D eigenvalue weighted by Gasteiger charge is 2.42. The summed E-state index contributed by atoms with van der Waals surface area (Å²) in [7, 11) is 2.18. The zero-order chi connectivity index (χ0) is 27.3. The van der Waals surface area contributed by atoms with Crippen molar-refractivity contribution in [2.75, 3.05) is 46.3 Å². The number of ether oxygens (including phenoxy) is 1. The van der Waals surface area contributed by atoms with E-state index in [1.165, 1.54) is 5.56 Å². The first kappa shape index (κ1) is 28.4. The van der Waals surface area contributed by atoms with Gasteiger partial charge in [-0.1, -0.05) is 54.1 Å². The first-order valence-corrected chi connectivity index (χ1v) is 14.0.